The molecule has 3 fully saturated rings. The maximum atomic E-state index is 13.3. The monoisotopic (exact) mass is 329 g/mol. The summed E-state index contributed by atoms with van der Waals surface area (Å²) in [5.41, 5.74) is 1.13. The van der Waals surface area contributed by atoms with E-state index < -0.39 is 0 Å². The van der Waals surface area contributed by atoms with E-state index in [1.165, 1.54) is 5.70 Å². The number of likely N-dealkylation sites (tertiary alicyclic amines) is 2. The molecule has 2 saturated heterocycles. The normalized spacial score (nSPS) is 37.2. The minimum absolute atomic E-state index is 0.153. The third-order valence-corrected chi connectivity index (χ3v) is 6.46. The molecule has 2 heterocycles. The number of hydrogen-bond donors (Lipinski definition) is 1. The molecule has 4 nitrogen and oxygen atoms in total. The van der Waals surface area contributed by atoms with Gasteiger partial charge in [0.2, 0.25) is 5.91 Å². The molecule has 4 heteroatoms. The molecule has 1 saturated carbocycles. The predicted octanol–water partition coefficient (Wildman–Crippen LogP) is 2.65. The van der Waals surface area contributed by atoms with Gasteiger partial charge in [0.1, 0.15) is 0 Å². The van der Waals surface area contributed by atoms with E-state index in [1.807, 2.05) is 0 Å². The average Bonchev–Trinajstić information content (AvgIpc) is 2.93. The van der Waals surface area contributed by atoms with E-state index in [9.17, 15) is 9.90 Å². The van der Waals surface area contributed by atoms with Gasteiger partial charge in [-0.25, -0.2) is 0 Å². The van der Waals surface area contributed by atoms with Crippen LogP contribution in [0.2, 0.25) is 0 Å². The van der Waals surface area contributed by atoms with Crippen LogP contribution < -0.4 is 0 Å². The Morgan fingerprint density at radius 1 is 1.12 bits per heavy atom. The minimum atomic E-state index is -0.163. The lowest BCUT2D eigenvalue weighted by molar-refractivity contribution is -0.141. The number of carbonyl (C=O) groups excluding carboxylic acids is 1. The number of piperidine rings is 1. The lowest BCUT2D eigenvalue weighted by Gasteiger charge is -2.42. The highest BCUT2D eigenvalue weighted by molar-refractivity contribution is 5.85. The van der Waals surface area contributed by atoms with Crippen LogP contribution in [0.5, 0.6) is 0 Å². The molecular formula is C20H29N2O2. The largest absolute Gasteiger partial charge is 0.393 e. The molecule has 131 valence electrons. The Hall–Kier alpha value is -1.29. The zero-order valence-corrected chi connectivity index (χ0v) is 14.5. The Morgan fingerprint density at radius 3 is 2.71 bits per heavy atom. The Balaban J connectivity index is 1.46. The maximum absolute atomic E-state index is 13.3. The number of amides is 1. The SMILES string of the molecule is O=C1N([C@H]2CC[C@H](O)CC2)CC[C@@]12CCCN(C1=CC[CH]C=C1)C2. The van der Waals surface area contributed by atoms with E-state index in [1.54, 1.807) is 0 Å². The molecule has 2 aliphatic carbocycles. The molecule has 0 bridgehead atoms. The molecule has 4 aliphatic rings. The van der Waals surface area contributed by atoms with Crippen LogP contribution in [0.4, 0.5) is 0 Å². The van der Waals surface area contributed by atoms with Gasteiger partial charge in [0.25, 0.3) is 0 Å². The van der Waals surface area contributed by atoms with Crippen LogP contribution in [0.1, 0.15) is 51.4 Å². The zero-order chi connectivity index (χ0) is 16.6. The molecule has 1 spiro atoms. The lowest BCUT2D eigenvalue weighted by Crippen LogP contribution is -2.49. The van der Waals surface area contributed by atoms with Crippen LogP contribution >= 0.6 is 0 Å². The van der Waals surface area contributed by atoms with Crippen LogP contribution in [0.3, 0.4) is 0 Å². The second kappa shape index (κ2) is 6.55. The summed E-state index contributed by atoms with van der Waals surface area (Å²) in [7, 11) is 0. The number of rotatable bonds is 2. The van der Waals surface area contributed by atoms with Crippen molar-refractivity contribution >= 4 is 5.91 Å². The van der Waals surface area contributed by atoms with Crippen molar-refractivity contribution in [2.24, 2.45) is 5.41 Å². The molecule has 4 rings (SSSR count). The summed E-state index contributed by atoms with van der Waals surface area (Å²) in [5, 5.41) is 9.73. The summed E-state index contributed by atoms with van der Waals surface area (Å²) < 4.78 is 0. The van der Waals surface area contributed by atoms with Gasteiger partial charge in [0.15, 0.2) is 0 Å². The van der Waals surface area contributed by atoms with Crippen molar-refractivity contribution in [3.05, 3.63) is 30.3 Å². The summed E-state index contributed by atoms with van der Waals surface area (Å²) in [6, 6.07) is 0.360. The van der Waals surface area contributed by atoms with Crippen LogP contribution in [0.25, 0.3) is 0 Å². The van der Waals surface area contributed by atoms with Crippen molar-refractivity contribution in [1.82, 2.24) is 9.80 Å². The first-order chi connectivity index (χ1) is 11.7. The summed E-state index contributed by atoms with van der Waals surface area (Å²) in [5.74, 6) is 0.389. The number of nitrogens with zero attached hydrogens (tertiary/aromatic N) is 2. The summed E-state index contributed by atoms with van der Waals surface area (Å²) in [4.78, 5) is 17.9. The number of aliphatic hydroxyl groups excluding tert-OH is 1. The van der Waals surface area contributed by atoms with Gasteiger partial charge in [-0.15, -0.1) is 0 Å². The average molecular weight is 329 g/mol. The van der Waals surface area contributed by atoms with E-state index in [2.05, 4.69) is 34.4 Å². The molecule has 2 aliphatic heterocycles. The molecule has 1 atom stereocenters. The lowest BCUT2D eigenvalue weighted by atomic mass is 9.78. The number of carbonyl (C=O) groups is 1. The fourth-order valence-corrected chi connectivity index (χ4v) is 5.03. The molecule has 0 unspecified atom stereocenters. The standard InChI is InChI=1S/C20H29N2O2/c23-18-9-7-17(8-10-18)22-14-12-20(19(22)24)11-4-13-21(15-20)16-5-2-1-3-6-16/h1-2,5-6,17-18,23H,3-4,7-15H2/t17-,18-,20-/m1/s1. The van der Waals surface area contributed by atoms with Gasteiger partial charge < -0.3 is 14.9 Å². The minimum Gasteiger partial charge on any atom is -0.393 e. The smallest absolute Gasteiger partial charge is 0.230 e. The topological polar surface area (TPSA) is 43.8 Å². The van der Waals surface area contributed by atoms with Crippen LogP contribution in [0.15, 0.2) is 23.9 Å². The Bertz CT molecular complexity index is 548. The van der Waals surface area contributed by atoms with E-state index in [4.69, 9.17) is 0 Å². The zero-order valence-electron chi connectivity index (χ0n) is 14.5. The number of hydrogen-bond acceptors (Lipinski definition) is 3. The van der Waals surface area contributed by atoms with Gasteiger partial charge in [0.05, 0.1) is 11.5 Å². The fraction of sp³-hybridized carbons (Fsp3) is 0.700. The molecular weight excluding hydrogens is 300 g/mol. The Morgan fingerprint density at radius 2 is 1.96 bits per heavy atom. The maximum Gasteiger partial charge on any atom is 0.230 e. The molecule has 24 heavy (non-hydrogen) atoms. The van der Waals surface area contributed by atoms with Crippen LogP contribution in [-0.4, -0.2) is 52.6 Å². The first kappa shape index (κ1) is 16.2. The third kappa shape index (κ3) is 2.90. The first-order valence-corrected chi connectivity index (χ1v) is 9.62. The summed E-state index contributed by atoms with van der Waals surface area (Å²) in [6.45, 7) is 2.87. The number of aliphatic hydroxyl groups is 1. The summed E-state index contributed by atoms with van der Waals surface area (Å²) in [6.07, 6.45) is 16.4. The molecule has 1 N–H and O–H groups in total. The van der Waals surface area contributed by atoms with Crippen molar-refractivity contribution in [2.75, 3.05) is 19.6 Å². The van der Waals surface area contributed by atoms with E-state index in [0.717, 1.165) is 71.0 Å². The van der Waals surface area contributed by atoms with Crippen molar-refractivity contribution in [2.45, 2.75) is 63.5 Å². The van der Waals surface area contributed by atoms with Gasteiger partial charge in [-0.3, -0.25) is 4.79 Å². The van der Waals surface area contributed by atoms with Crippen molar-refractivity contribution < 1.29 is 9.90 Å². The van der Waals surface area contributed by atoms with Crippen molar-refractivity contribution in [3.63, 3.8) is 0 Å². The van der Waals surface area contributed by atoms with Crippen LogP contribution in [0, 0.1) is 11.8 Å². The van der Waals surface area contributed by atoms with Gasteiger partial charge in [-0.2, -0.15) is 0 Å². The predicted molar refractivity (Wildman–Crippen MR) is 94.0 cm³/mol. The quantitative estimate of drug-likeness (QED) is 0.847. The first-order valence-electron chi connectivity index (χ1n) is 9.62. The molecule has 1 radical (unpaired) electrons. The molecule has 0 aromatic carbocycles. The Kier molecular flexibility index (Phi) is 4.42. The highest BCUT2D eigenvalue weighted by Gasteiger charge is 2.50. The van der Waals surface area contributed by atoms with E-state index in [0.29, 0.717) is 11.9 Å². The second-order valence-corrected chi connectivity index (χ2v) is 7.98. The van der Waals surface area contributed by atoms with Crippen molar-refractivity contribution in [1.29, 1.82) is 0 Å². The van der Waals surface area contributed by atoms with Gasteiger partial charge in [-0.05, 0) is 63.9 Å². The Labute approximate surface area is 145 Å². The van der Waals surface area contributed by atoms with Gasteiger partial charge >= 0.3 is 0 Å². The van der Waals surface area contributed by atoms with E-state index >= 15 is 0 Å². The van der Waals surface area contributed by atoms with Gasteiger partial charge in [0, 0.05) is 31.4 Å². The van der Waals surface area contributed by atoms with Crippen molar-refractivity contribution in [3.8, 4) is 0 Å². The highest BCUT2D eigenvalue weighted by atomic mass is 16.3. The van der Waals surface area contributed by atoms with Crippen LogP contribution in [-0.2, 0) is 4.79 Å². The number of allylic oxidation sites excluding steroid dienone is 3. The fourth-order valence-electron chi connectivity index (χ4n) is 5.03. The highest BCUT2D eigenvalue weighted by Crippen LogP contribution is 2.43. The molecule has 1 amide bonds. The third-order valence-electron chi connectivity index (χ3n) is 6.46. The molecule has 0 aromatic heterocycles. The van der Waals surface area contributed by atoms with E-state index in [-0.39, 0.29) is 11.5 Å². The molecule has 0 aromatic rings. The van der Waals surface area contributed by atoms with Gasteiger partial charge in [-0.1, -0.05) is 12.2 Å². The summed E-state index contributed by atoms with van der Waals surface area (Å²) >= 11 is 0. The second-order valence-electron chi connectivity index (χ2n) is 7.98.